The van der Waals surface area contributed by atoms with Crippen LogP contribution in [0.3, 0.4) is 0 Å². The lowest BCUT2D eigenvalue weighted by atomic mass is 10.0. The molecule has 4 nitrogen and oxygen atoms in total. The Morgan fingerprint density at radius 3 is 2.52 bits per heavy atom. The predicted octanol–water partition coefficient (Wildman–Crippen LogP) is 3.10. The van der Waals surface area contributed by atoms with E-state index in [1.165, 1.54) is 0 Å². The largest absolute Gasteiger partial charge is 0.496 e. The fourth-order valence-corrected chi connectivity index (χ4v) is 3.45. The van der Waals surface area contributed by atoms with Crippen LogP contribution in [0.2, 0.25) is 0 Å². The monoisotopic (exact) mass is 403 g/mol. The number of nitrogens with one attached hydrogen (secondary N) is 1. The van der Waals surface area contributed by atoms with E-state index in [0.717, 1.165) is 34.2 Å². The van der Waals surface area contributed by atoms with E-state index < -0.39 is 0 Å². The quantitative estimate of drug-likeness (QED) is 0.745. The number of rotatable bonds is 7. The Hall–Kier alpha value is -1.85. The Morgan fingerprint density at radius 1 is 1.20 bits per heavy atom. The van der Waals surface area contributed by atoms with Crippen LogP contribution in [-0.2, 0) is 4.79 Å². The molecule has 2 aromatic carbocycles. The van der Waals surface area contributed by atoms with Crippen molar-refractivity contribution >= 4 is 21.8 Å². The van der Waals surface area contributed by atoms with Crippen molar-refractivity contribution in [1.82, 2.24) is 5.32 Å². The minimum atomic E-state index is -0.252. The number of ether oxygens (including phenoxy) is 1. The van der Waals surface area contributed by atoms with Gasteiger partial charge in [0, 0.05) is 17.2 Å². The molecule has 1 saturated carbocycles. The van der Waals surface area contributed by atoms with E-state index in [-0.39, 0.29) is 18.0 Å². The number of carbonyl (C=O) groups excluding carboxylic acids is 1. The second kappa shape index (κ2) is 8.02. The van der Waals surface area contributed by atoms with Gasteiger partial charge in [0.1, 0.15) is 11.8 Å². The van der Waals surface area contributed by atoms with Gasteiger partial charge in [0.2, 0.25) is 0 Å². The summed E-state index contributed by atoms with van der Waals surface area (Å²) in [6, 6.07) is 16.3. The van der Waals surface area contributed by atoms with E-state index in [4.69, 9.17) is 4.74 Å². The zero-order valence-electron chi connectivity index (χ0n) is 14.5. The summed E-state index contributed by atoms with van der Waals surface area (Å²) >= 11 is 3.54. The van der Waals surface area contributed by atoms with Crippen molar-refractivity contribution in [3.05, 3.63) is 64.1 Å². The van der Waals surface area contributed by atoms with Crippen molar-refractivity contribution in [2.75, 3.05) is 7.11 Å². The second-order valence-corrected chi connectivity index (χ2v) is 7.40. The fraction of sp³-hybridized carbons (Fsp3) is 0.350. The second-order valence-electron chi connectivity index (χ2n) is 6.55. The molecule has 1 amide bonds. The van der Waals surface area contributed by atoms with Crippen LogP contribution < -0.4 is 15.4 Å². The Balaban J connectivity index is 1.78. The zero-order valence-corrected chi connectivity index (χ0v) is 16.1. The molecule has 0 aromatic heterocycles. The van der Waals surface area contributed by atoms with Gasteiger partial charge in [0.25, 0.3) is 5.91 Å². The van der Waals surface area contributed by atoms with E-state index in [0.29, 0.717) is 6.04 Å². The first-order chi connectivity index (χ1) is 12.1. The number of nitrogens with two attached hydrogens (primary N) is 1. The fourth-order valence-electron chi connectivity index (χ4n) is 2.89. The highest BCUT2D eigenvalue weighted by molar-refractivity contribution is 9.10. The van der Waals surface area contributed by atoms with E-state index in [9.17, 15) is 4.79 Å². The summed E-state index contributed by atoms with van der Waals surface area (Å²) in [5.41, 5.74) is 2.17. The summed E-state index contributed by atoms with van der Waals surface area (Å²) < 4.78 is 6.22. The first-order valence-electron chi connectivity index (χ1n) is 8.62. The SMILES string of the molecule is COc1ccc([C@@H](C)[NH2+][C@H](C(=O)NC2CC2)c2ccccc2)cc1Br. The van der Waals surface area contributed by atoms with Crippen LogP contribution in [0.1, 0.15) is 43.0 Å². The van der Waals surface area contributed by atoms with Gasteiger partial charge in [-0.15, -0.1) is 0 Å². The number of methoxy groups -OCH3 is 1. The van der Waals surface area contributed by atoms with E-state index >= 15 is 0 Å². The third kappa shape index (κ3) is 4.61. The highest BCUT2D eigenvalue weighted by atomic mass is 79.9. The van der Waals surface area contributed by atoms with Crippen molar-refractivity contribution in [2.45, 2.75) is 37.9 Å². The van der Waals surface area contributed by atoms with Gasteiger partial charge in [-0.05, 0) is 53.9 Å². The first-order valence-corrected chi connectivity index (χ1v) is 9.41. The van der Waals surface area contributed by atoms with Gasteiger partial charge < -0.3 is 15.4 Å². The number of hydrogen-bond donors (Lipinski definition) is 2. The third-order valence-electron chi connectivity index (χ3n) is 4.55. The summed E-state index contributed by atoms with van der Waals surface area (Å²) in [7, 11) is 1.66. The third-order valence-corrected chi connectivity index (χ3v) is 5.17. The molecule has 0 bridgehead atoms. The number of halogens is 1. The highest BCUT2D eigenvalue weighted by Gasteiger charge is 2.31. The predicted molar refractivity (Wildman–Crippen MR) is 101 cm³/mol. The molecule has 2 aromatic rings. The van der Waals surface area contributed by atoms with Crippen molar-refractivity contribution < 1.29 is 14.8 Å². The van der Waals surface area contributed by atoms with Gasteiger partial charge in [-0.1, -0.05) is 30.3 Å². The summed E-state index contributed by atoms with van der Waals surface area (Å²) in [6.07, 6.45) is 2.18. The Morgan fingerprint density at radius 2 is 1.92 bits per heavy atom. The van der Waals surface area contributed by atoms with Gasteiger partial charge in [0.15, 0.2) is 6.04 Å². The van der Waals surface area contributed by atoms with Crippen molar-refractivity contribution in [1.29, 1.82) is 0 Å². The molecular formula is C20H24BrN2O2+. The average molecular weight is 404 g/mol. The molecule has 1 aliphatic rings. The molecule has 1 fully saturated rings. The lowest BCUT2D eigenvalue weighted by Gasteiger charge is -2.21. The standard InChI is InChI=1S/C20H23BrN2O2/c1-13(15-8-11-18(25-2)17(21)12-15)22-19(14-6-4-3-5-7-14)20(24)23-16-9-10-16/h3-8,11-13,16,19,22H,9-10H2,1-2H3,(H,23,24)/p+1/t13-,19+/m1/s1. The molecule has 1 aliphatic carbocycles. The topological polar surface area (TPSA) is 54.9 Å². The van der Waals surface area contributed by atoms with Gasteiger partial charge in [-0.3, -0.25) is 4.79 Å². The Kier molecular flexibility index (Phi) is 5.76. The molecule has 5 heteroatoms. The number of hydrogen-bond acceptors (Lipinski definition) is 2. The van der Waals surface area contributed by atoms with E-state index in [2.05, 4.69) is 39.6 Å². The summed E-state index contributed by atoms with van der Waals surface area (Å²) in [4.78, 5) is 12.8. The van der Waals surface area contributed by atoms with Gasteiger partial charge in [0.05, 0.1) is 11.6 Å². The molecule has 0 heterocycles. The minimum absolute atomic E-state index is 0.0909. The number of benzene rings is 2. The van der Waals surface area contributed by atoms with Crippen LogP contribution in [0, 0.1) is 0 Å². The number of amides is 1. The van der Waals surface area contributed by atoms with Crippen molar-refractivity contribution in [3.63, 3.8) is 0 Å². The Labute approximate surface area is 157 Å². The maximum absolute atomic E-state index is 12.8. The molecule has 0 spiro atoms. The van der Waals surface area contributed by atoms with Crippen LogP contribution in [0.25, 0.3) is 0 Å². The Bertz CT molecular complexity index is 732. The molecule has 3 rings (SSSR count). The van der Waals surface area contributed by atoms with Crippen molar-refractivity contribution in [2.24, 2.45) is 0 Å². The van der Waals surface area contributed by atoms with Crippen LogP contribution in [0.5, 0.6) is 5.75 Å². The van der Waals surface area contributed by atoms with E-state index in [1.54, 1.807) is 7.11 Å². The van der Waals surface area contributed by atoms with Gasteiger partial charge in [-0.2, -0.15) is 0 Å². The number of quaternary nitrogens is 1. The molecule has 2 atom stereocenters. The van der Waals surface area contributed by atoms with Crippen LogP contribution in [0.15, 0.2) is 53.0 Å². The summed E-state index contributed by atoms with van der Waals surface area (Å²) in [6.45, 7) is 2.12. The van der Waals surface area contributed by atoms with Gasteiger partial charge >= 0.3 is 0 Å². The van der Waals surface area contributed by atoms with Gasteiger partial charge in [-0.25, -0.2) is 0 Å². The maximum Gasteiger partial charge on any atom is 0.283 e. The molecule has 0 saturated heterocycles. The maximum atomic E-state index is 12.8. The van der Waals surface area contributed by atoms with Crippen LogP contribution >= 0.6 is 15.9 Å². The molecule has 0 radical (unpaired) electrons. The zero-order chi connectivity index (χ0) is 17.8. The van der Waals surface area contributed by atoms with Crippen LogP contribution in [-0.4, -0.2) is 19.1 Å². The molecule has 25 heavy (non-hydrogen) atoms. The average Bonchev–Trinajstić information content (AvgIpc) is 3.44. The first kappa shape index (κ1) is 18.0. The minimum Gasteiger partial charge on any atom is -0.496 e. The lowest BCUT2D eigenvalue weighted by Crippen LogP contribution is -2.88. The normalized spacial score (nSPS) is 16.1. The van der Waals surface area contributed by atoms with Crippen molar-refractivity contribution in [3.8, 4) is 5.75 Å². The molecule has 3 N–H and O–H groups in total. The lowest BCUT2D eigenvalue weighted by molar-refractivity contribution is -0.719. The smallest absolute Gasteiger partial charge is 0.283 e. The molecule has 0 unspecified atom stereocenters. The summed E-state index contributed by atoms with van der Waals surface area (Å²) in [5.74, 6) is 0.898. The van der Waals surface area contributed by atoms with E-state index in [1.807, 2.05) is 42.5 Å². The molecule has 0 aliphatic heterocycles. The summed E-state index contributed by atoms with van der Waals surface area (Å²) in [5, 5.41) is 5.27. The highest BCUT2D eigenvalue weighted by Crippen LogP contribution is 2.27. The van der Waals surface area contributed by atoms with Crippen LogP contribution in [0.4, 0.5) is 0 Å². The molecule has 132 valence electrons. The number of carbonyl (C=O) groups is 1. The molecular weight excluding hydrogens is 380 g/mol.